The second-order valence-corrected chi connectivity index (χ2v) is 4.11. The van der Waals surface area contributed by atoms with Gasteiger partial charge in [-0.25, -0.2) is 0 Å². The van der Waals surface area contributed by atoms with E-state index in [0.717, 1.165) is 0 Å². The third-order valence-corrected chi connectivity index (χ3v) is 2.30. The van der Waals surface area contributed by atoms with Gasteiger partial charge in [-0.1, -0.05) is 6.07 Å². The molecule has 0 unspecified atom stereocenters. The van der Waals surface area contributed by atoms with Gasteiger partial charge in [0.15, 0.2) is 0 Å². The minimum atomic E-state index is -4.21. The molecule has 0 saturated carbocycles. The van der Waals surface area contributed by atoms with E-state index >= 15 is 0 Å². The van der Waals surface area contributed by atoms with E-state index in [4.69, 9.17) is 4.55 Å². The van der Waals surface area contributed by atoms with Crippen LogP contribution in [0.3, 0.4) is 0 Å². The average Bonchev–Trinajstić information content (AvgIpc) is 2.01. The molecule has 0 aromatic heterocycles. The molecular weight excluding hydrogens is 229 g/mol. The molecule has 0 atom stereocenters. The monoisotopic (exact) mass is 239 g/mol. The summed E-state index contributed by atoms with van der Waals surface area (Å²) >= 11 is 0. The number of amides is 1. The fourth-order valence-electron chi connectivity index (χ4n) is 0.938. The Kier molecular flexibility index (Phi) is 5.47. The van der Waals surface area contributed by atoms with Crippen LogP contribution in [-0.4, -0.2) is 48.4 Å². The molecule has 0 fully saturated rings. The van der Waals surface area contributed by atoms with Crippen molar-refractivity contribution in [1.82, 2.24) is 0 Å². The zero-order valence-corrected chi connectivity index (χ0v) is 8.21. The van der Waals surface area contributed by atoms with Crippen molar-refractivity contribution in [3.8, 4) is 0 Å². The molecule has 5 nitrogen and oxygen atoms in total. The van der Waals surface area contributed by atoms with Crippen LogP contribution in [0.15, 0.2) is 29.2 Å². The fraction of sp³-hybridized carbons (Fsp3) is 0.125. The van der Waals surface area contributed by atoms with E-state index in [2.05, 4.69) is 5.32 Å². The van der Waals surface area contributed by atoms with Crippen molar-refractivity contribution in [3.05, 3.63) is 24.3 Å². The number of hydrogen-bond donors (Lipinski definition) is 2. The van der Waals surface area contributed by atoms with Crippen molar-refractivity contribution in [2.45, 2.75) is 11.8 Å². The second kappa shape index (κ2) is 5.62. The summed E-state index contributed by atoms with van der Waals surface area (Å²) in [6, 6.07) is 5.36. The standard InChI is InChI=1S/C8H9NO4S.Na.H/c1-6(10)9-7-3-2-4-8(5-7)14(11,12)13;;/h2-5H,1H3,(H,9,10)(H,11,12,13);;. The normalized spacial score (nSPS) is 10.3. The second-order valence-electron chi connectivity index (χ2n) is 2.68. The van der Waals surface area contributed by atoms with Gasteiger partial charge in [-0.3, -0.25) is 9.35 Å². The number of hydrogen-bond acceptors (Lipinski definition) is 3. The molecule has 1 rings (SSSR count). The molecule has 1 amide bonds. The summed E-state index contributed by atoms with van der Waals surface area (Å²) in [6.45, 7) is 1.31. The quantitative estimate of drug-likeness (QED) is 0.572. The molecular formula is C8H10NNaO4S. The van der Waals surface area contributed by atoms with Gasteiger partial charge in [0.25, 0.3) is 10.1 Å². The van der Waals surface area contributed by atoms with Gasteiger partial charge >= 0.3 is 29.6 Å². The maximum atomic E-state index is 10.7. The molecule has 1 aromatic carbocycles. The Hall–Kier alpha value is -0.400. The van der Waals surface area contributed by atoms with Gasteiger partial charge in [0, 0.05) is 12.6 Å². The molecule has 15 heavy (non-hydrogen) atoms. The van der Waals surface area contributed by atoms with E-state index in [1.165, 1.54) is 31.2 Å². The molecule has 0 bridgehead atoms. The number of nitrogens with one attached hydrogen (secondary N) is 1. The molecule has 0 aliphatic rings. The van der Waals surface area contributed by atoms with Crippen molar-refractivity contribution >= 4 is 51.3 Å². The van der Waals surface area contributed by atoms with E-state index in [0.29, 0.717) is 5.69 Å². The summed E-state index contributed by atoms with van der Waals surface area (Å²) in [5.41, 5.74) is 0.327. The Balaban J connectivity index is 0.00000196. The Morgan fingerprint density at radius 1 is 1.40 bits per heavy atom. The Labute approximate surface area is 110 Å². The summed E-state index contributed by atoms with van der Waals surface area (Å²) in [5.74, 6) is -0.308. The SMILES string of the molecule is CC(=O)Nc1cccc(S(=O)(=O)O)c1.[NaH]. The van der Waals surface area contributed by atoms with E-state index in [9.17, 15) is 13.2 Å². The topological polar surface area (TPSA) is 83.5 Å². The summed E-state index contributed by atoms with van der Waals surface area (Å²) in [7, 11) is -4.21. The zero-order valence-electron chi connectivity index (χ0n) is 7.39. The number of anilines is 1. The molecule has 7 heteroatoms. The van der Waals surface area contributed by atoms with Crippen LogP contribution in [0, 0.1) is 0 Å². The fourth-order valence-corrected chi connectivity index (χ4v) is 1.46. The van der Waals surface area contributed by atoms with Crippen LogP contribution < -0.4 is 5.32 Å². The Morgan fingerprint density at radius 2 is 2.00 bits per heavy atom. The van der Waals surface area contributed by atoms with Crippen molar-refractivity contribution < 1.29 is 17.8 Å². The summed E-state index contributed by atoms with van der Waals surface area (Å²) < 4.78 is 30.1. The minimum absolute atomic E-state index is 0. The van der Waals surface area contributed by atoms with Crippen LogP contribution in [0.2, 0.25) is 0 Å². The first-order valence-corrected chi connectivity index (χ1v) is 5.19. The van der Waals surface area contributed by atoms with E-state index in [1.54, 1.807) is 0 Å². The summed E-state index contributed by atoms with van der Waals surface area (Å²) in [4.78, 5) is 10.4. The summed E-state index contributed by atoms with van der Waals surface area (Å²) in [5, 5.41) is 2.40. The van der Waals surface area contributed by atoms with Crippen LogP contribution >= 0.6 is 0 Å². The number of benzene rings is 1. The predicted octanol–water partition coefficient (Wildman–Crippen LogP) is 0.243. The molecule has 0 heterocycles. The first kappa shape index (κ1) is 14.6. The number of carbonyl (C=O) groups is 1. The van der Waals surface area contributed by atoms with Crippen LogP contribution in [0.4, 0.5) is 5.69 Å². The predicted molar refractivity (Wildman–Crippen MR) is 57.7 cm³/mol. The summed E-state index contributed by atoms with van der Waals surface area (Å²) in [6.07, 6.45) is 0. The van der Waals surface area contributed by atoms with Gasteiger partial charge in [0.2, 0.25) is 5.91 Å². The van der Waals surface area contributed by atoms with Crippen LogP contribution in [-0.2, 0) is 14.9 Å². The van der Waals surface area contributed by atoms with Crippen molar-refractivity contribution in [3.63, 3.8) is 0 Å². The van der Waals surface area contributed by atoms with Crippen LogP contribution in [0.5, 0.6) is 0 Å². The molecule has 1 aromatic rings. The Bertz CT molecular complexity index is 457. The van der Waals surface area contributed by atoms with Gasteiger partial charge in [-0.2, -0.15) is 8.42 Å². The first-order valence-electron chi connectivity index (χ1n) is 3.75. The van der Waals surface area contributed by atoms with Gasteiger partial charge in [-0.05, 0) is 18.2 Å². The molecule has 0 radical (unpaired) electrons. The molecule has 78 valence electrons. The van der Waals surface area contributed by atoms with Crippen molar-refractivity contribution in [1.29, 1.82) is 0 Å². The number of rotatable bonds is 2. The molecule has 0 spiro atoms. The average molecular weight is 239 g/mol. The van der Waals surface area contributed by atoms with Crippen molar-refractivity contribution in [2.75, 3.05) is 5.32 Å². The Morgan fingerprint density at radius 3 is 2.47 bits per heavy atom. The third kappa shape index (κ3) is 4.76. The zero-order chi connectivity index (χ0) is 10.8. The maximum absolute atomic E-state index is 10.7. The van der Waals surface area contributed by atoms with Gasteiger partial charge < -0.3 is 5.32 Å². The van der Waals surface area contributed by atoms with Crippen molar-refractivity contribution in [2.24, 2.45) is 0 Å². The van der Waals surface area contributed by atoms with Gasteiger partial charge in [-0.15, -0.1) is 0 Å². The van der Waals surface area contributed by atoms with E-state index < -0.39 is 10.1 Å². The van der Waals surface area contributed by atoms with E-state index in [-0.39, 0.29) is 40.4 Å². The van der Waals surface area contributed by atoms with Crippen LogP contribution in [0.1, 0.15) is 6.92 Å². The molecule has 0 saturated heterocycles. The number of carbonyl (C=O) groups excluding carboxylic acids is 1. The third-order valence-electron chi connectivity index (χ3n) is 1.45. The molecule has 0 aliphatic carbocycles. The van der Waals surface area contributed by atoms with Gasteiger partial charge in [0.1, 0.15) is 0 Å². The van der Waals surface area contributed by atoms with Crippen LogP contribution in [0.25, 0.3) is 0 Å². The molecule has 0 aliphatic heterocycles. The van der Waals surface area contributed by atoms with Gasteiger partial charge in [0.05, 0.1) is 4.90 Å². The first-order chi connectivity index (χ1) is 6.39. The molecule has 2 N–H and O–H groups in total. The van der Waals surface area contributed by atoms with E-state index in [1.807, 2.05) is 0 Å².